The zero-order valence-corrected chi connectivity index (χ0v) is 17.0. The molecule has 1 aromatic heterocycles. The van der Waals surface area contributed by atoms with Gasteiger partial charge in [-0.1, -0.05) is 54.6 Å². The molecule has 3 aromatic rings. The number of benzene rings is 2. The van der Waals surface area contributed by atoms with Gasteiger partial charge in [0, 0.05) is 18.0 Å². The quantitative estimate of drug-likeness (QED) is 0.268. The highest BCUT2D eigenvalue weighted by molar-refractivity contribution is 6.03. The molecule has 0 atom stereocenters. The summed E-state index contributed by atoms with van der Waals surface area (Å²) in [6, 6.07) is 21.9. The van der Waals surface area contributed by atoms with E-state index in [2.05, 4.69) is 20.8 Å². The van der Waals surface area contributed by atoms with Crippen LogP contribution >= 0.6 is 0 Å². The van der Waals surface area contributed by atoms with Gasteiger partial charge in [0.1, 0.15) is 5.70 Å². The number of hydrogen-bond donors (Lipinski definition) is 2. The molecule has 0 fully saturated rings. The van der Waals surface area contributed by atoms with Crippen molar-refractivity contribution in [3.8, 4) is 0 Å². The van der Waals surface area contributed by atoms with E-state index in [0.717, 1.165) is 16.7 Å². The van der Waals surface area contributed by atoms with Gasteiger partial charge in [-0.3, -0.25) is 14.6 Å². The predicted molar refractivity (Wildman–Crippen MR) is 122 cm³/mol. The maximum Gasteiger partial charge on any atom is 0.287 e. The largest absolute Gasteiger partial charge is 0.317 e. The average Bonchev–Trinajstić information content (AvgIpc) is 2.80. The first-order valence-electron chi connectivity index (χ1n) is 9.67. The predicted octanol–water partition coefficient (Wildman–Crippen LogP) is 3.95. The number of carbonyl (C=O) groups is 2. The van der Waals surface area contributed by atoms with Gasteiger partial charge in [-0.2, -0.15) is 5.10 Å². The number of pyridine rings is 1. The molecule has 2 aromatic carbocycles. The summed E-state index contributed by atoms with van der Waals surface area (Å²) in [4.78, 5) is 29.3. The molecule has 3 rings (SSSR count). The van der Waals surface area contributed by atoms with Crippen LogP contribution in [0, 0.1) is 0 Å². The number of allylic oxidation sites excluding steroid dienone is 2. The Bertz CT molecular complexity index is 1110. The molecule has 2 amide bonds. The first-order chi connectivity index (χ1) is 15.1. The lowest BCUT2D eigenvalue weighted by Gasteiger charge is -2.09. The second-order valence-electron chi connectivity index (χ2n) is 6.66. The summed E-state index contributed by atoms with van der Waals surface area (Å²) in [6.07, 6.45) is 8.30. The molecule has 31 heavy (non-hydrogen) atoms. The van der Waals surface area contributed by atoms with Crippen LogP contribution in [0.5, 0.6) is 0 Å². The SMILES string of the molecule is CC(=Cc1ccccc1)C=C(NC(=O)c1ccccc1)C(=O)NN=Cc1ccncc1. The molecular formula is C25H22N4O2. The van der Waals surface area contributed by atoms with E-state index in [9.17, 15) is 9.59 Å². The maximum absolute atomic E-state index is 12.7. The molecule has 0 spiro atoms. The minimum absolute atomic E-state index is 0.0883. The lowest BCUT2D eigenvalue weighted by Crippen LogP contribution is -2.33. The van der Waals surface area contributed by atoms with Crippen LogP contribution in [0.2, 0.25) is 0 Å². The lowest BCUT2D eigenvalue weighted by molar-refractivity contribution is -0.117. The van der Waals surface area contributed by atoms with E-state index in [1.165, 1.54) is 6.21 Å². The Hall–Kier alpha value is -4.32. The normalized spacial score (nSPS) is 11.9. The first kappa shape index (κ1) is 21.4. The van der Waals surface area contributed by atoms with E-state index < -0.39 is 5.91 Å². The van der Waals surface area contributed by atoms with E-state index in [1.54, 1.807) is 54.9 Å². The Labute approximate surface area is 181 Å². The Morgan fingerprint density at radius 2 is 1.52 bits per heavy atom. The molecule has 0 aliphatic heterocycles. The van der Waals surface area contributed by atoms with Crippen LogP contribution in [0.15, 0.2) is 108 Å². The topological polar surface area (TPSA) is 83.5 Å². The molecule has 0 saturated carbocycles. The third-order valence-corrected chi connectivity index (χ3v) is 4.18. The van der Waals surface area contributed by atoms with E-state index >= 15 is 0 Å². The summed E-state index contributed by atoms with van der Waals surface area (Å²) >= 11 is 0. The fourth-order valence-corrected chi connectivity index (χ4v) is 2.70. The smallest absolute Gasteiger partial charge is 0.287 e. The third-order valence-electron chi connectivity index (χ3n) is 4.18. The number of hydrazone groups is 1. The molecule has 0 radical (unpaired) electrons. The zero-order chi connectivity index (χ0) is 21.9. The molecule has 0 bridgehead atoms. The van der Waals surface area contributed by atoms with Crippen LogP contribution in [0.4, 0.5) is 0 Å². The van der Waals surface area contributed by atoms with Gasteiger partial charge in [0.25, 0.3) is 11.8 Å². The summed E-state index contributed by atoms with van der Waals surface area (Å²) in [6.45, 7) is 1.86. The van der Waals surface area contributed by atoms with Gasteiger partial charge in [0.2, 0.25) is 0 Å². The minimum Gasteiger partial charge on any atom is -0.317 e. The summed E-state index contributed by atoms with van der Waals surface area (Å²) in [5.41, 5.74) is 5.56. The highest BCUT2D eigenvalue weighted by atomic mass is 16.2. The van der Waals surface area contributed by atoms with Crippen molar-refractivity contribution >= 4 is 24.1 Å². The van der Waals surface area contributed by atoms with Crippen molar-refractivity contribution in [1.82, 2.24) is 15.7 Å². The van der Waals surface area contributed by atoms with Crippen LogP contribution in [-0.2, 0) is 4.79 Å². The van der Waals surface area contributed by atoms with Gasteiger partial charge in [-0.25, -0.2) is 5.43 Å². The van der Waals surface area contributed by atoms with Crippen molar-refractivity contribution in [3.63, 3.8) is 0 Å². The van der Waals surface area contributed by atoms with Crippen LogP contribution in [0.1, 0.15) is 28.4 Å². The van der Waals surface area contributed by atoms with Crippen LogP contribution < -0.4 is 10.7 Å². The number of rotatable bonds is 7. The van der Waals surface area contributed by atoms with Crippen LogP contribution in [-0.4, -0.2) is 23.0 Å². The molecule has 6 nitrogen and oxygen atoms in total. The molecule has 6 heteroatoms. The zero-order valence-electron chi connectivity index (χ0n) is 17.0. The van der Waals surface area contributed by atoms with Crippen molar-refractivity contribution in [2.45, 2.75) is 6.92 Å². The molecule has 0 aliphatic carbocycles. The molecule has 0 saturated heterocycles. The molecular weight excluding hydrogens is 388 g/mol. The fourth-order valence-electron chi connectivity index (χ4n) is 2.70. The monoisotopic (exact) mass is 410 g/mol. The standard InChI is InChI=1S/C25H22N4O2/c1-19(16-20-8-4-2-5-9-20)17-23(28-24(30)22-10-6-3-7-11-22)25(31)29-27-18-21-12-14-26-15-13-21/h2-18H,1H3,(H,28,30)(H,29,31). The second-order valence-corrected chi connectivity index (χ2v) is 6.66. The Morgan fingerprint density at radius 3 is 2.19 bits per heavy atom. The highest BCUT2D eigenvalue weighted by Gasteiger charge is 2.14. The number of nitrogens with zero attached hydrogens (tertiary/aromatic N) is 2. The Morgan fingerprint density at radius 1 is 0.871 bits per heavy atom. The van der Waals surface area contributed by atoms with Crippen molar-refractivity contribution < 1.29 is 9.59 Å². The number of amides is 2. The number of aromatic nitrogens is 1. The molecule has 2 N–H and O–H groups in total. The highest BCUT2D eigenvalue weighted by Crippen LogP contribution is 2.10. The van der Waals surface area contributed by atoms with Crippen molar-refractivity contribution in [1.29, 1.82) is 0 Å². The molecule has 154 valence electrons. The summed E-state index contributed by atoms with van der Waals surface area (Å²) in [7, 11) is 0. The summed E-state index contributed by atoms with van der Waals surface area (Å²) in [5.74, 6) is -0.914. The van der Waals surface area contributed by atoms with Gasteiger partial charge in [-0.15, -0.1) is 0 Å². The van der Waals surface area contributed by atoms with E-state index in [0.29, 0.717) is 5.56 Å². The van der Waals surface area contributed by atoms with E-state index in [4.69, 9.17) is 0 Å². The average molecular weight is 410 g/mol. The van der Waals surface area contributed by atoms with Gasteiger partial charge in [0.05, 0.1) is 6.21 Å². The minimum atomic E-state index is -0.532. The molecule has 0 aliphatic rings. The Kier molecular flexibility index (Phi) is 7.60. The van der Waals surface area contributed by atoms with Gasteiger partial charge < -0.3 is 5.32 Å². The van der Waals surface area contributed by atoms with Crippen LogP contribution in [0.25, 0.3) is 6.08 Å². The van der Waals surface area contributed by atoms with E-state index in [-0.39, 0.29) is 11.6 Å². The van der Waals surface area contributed by atoms with E-state index in [1.807, 2.05) is 49.4 Å². The van der Waals surface area contributed by atoms with Crippen molar-refractivity contribution in [2.75, 3.05) is 0 Å². The van der Waals surface area contributed by atoms with Crippen LogP contribution in [0.3, 0.4) is 0 Å². The fraction of sp³-hybridized carbons (Fsp3) is 0.0400. The molecule has 1 heterocycles. The van der Waals surface area contributed by atoms with Crippen molar-refractivity contribution in [2.24, 2.45) is 5.10 Å². The Balaban J connectivity index is 1.80. The van der Waals surface area contributed by atoms with Gasteiger partial charge in [0.15, 0.2) is 0 Å². The third kappa shape index (κ3) is 6.90. The first-order valence-corrected chi connectivity index (χ1v) is 9.67. The molecule has 0 unspecified atom stereocenters. The second kappa shape index (κ2) is 11.0. The summed E-state index contributed by atoms with van der Waals surface area (Å²) in [5, 5.41) is 6.65. The number of carbonyl (C=O) groups excluding carboxylic acids is 2. The summed E-state index contributed by atoms with van der Waals surface area (Å²) < 4.78 is 0. The maximum atomic E-state index is 12.7. The lowest BCUT2D eigenvalue weighted by atomic mass is 10.1. The van der Waals surface area contributed by atoms with Crippen molar-refractivity contribution in [3.05, 3.63) is 119 Å². The van der Waals surface area contributed by atoms with Gasteiger partial charge in [-0.05, 0) is 54.0 Å². The van der Waals surface area contributed by atoms with Gasteiger partial charge >= 0.3 is 0 Å². The number of nitrogens with one attached hydrogen (secondary N) is 2. The number of hydrogen-bond acceptors (Lipinski definition) is 4.